The SMILES string of the molecule is CCn1cc(CN(C)C(=S)NC)c(C)n1. The highest BCUT2D eigenvalue weighted by Gasteiger charge is 2.08. The van der Waals surface area contributed by atoms with Crippen LogP contribution in [0.5, 0.6) is 0 Å². The number of rotatable bonds is 3. The maximum Gasteiger partial charge on any atom is 0.168 e. The van der Waals surface area contributed by atoms with Crippen LogP contribution in [0, 0.1) is 6.92 Å². The lowest BCUT2D eigenvalue weighted by molar-refractivity contribution is 0.493. The fraction of sp³-hybridized carbons (Fsp3) is 0.600. The Balaban J connectivity index is 2.71. The molecule has 1 aromatic heterocycles. The molecule has 1 rings (SSSR count). The summed E-state index contributed by atoms with van der Waals surface area (Å²) >= 11 is 5.14. The molecule has 0 saturated heterocycles. The molecule has 84 valence electrons. The zero-order valence-electron chi connectivity index (χ0n) is 9.74. The zero-order valence-corrected chi connectivity index (χ0v) is 10.6. The van der Waals surface area contributed by atoms with E-state index in [1.807, 2.05) is 30.6 Å². The van der Waals surface area contributed by atoms with E-state index in [1.165, 1.54) is 5.56 Å². The molecule has 1 N–H and O–H groups in total. The quantitative estimate of drug-likeness (QED) is 0.784. The van der Waals surface area contributed by atoms with Crippen molar-refractivity contribution >= 4 is 17.3 Å². The molecule has 5 heteroatoms. The van der Waals surface area contributed by atoms with E-state index in [9.17, 15) is 0 Å². The van der Waals surface area contributed by atoms with Gasteiger partial charge >= 0.3 is 0 Å². The maximum absolute atomic E-state index is 5.14. The van der Waals surface area contributed by atoms with Gasteiger partial charge in [-0.25, -0.2) is 0 Å². The Bertz CT molecular complexity index is 345. The van der Waals surface area contributed by atoms with Crippen LogP contribution in [0.25, 0.3) is 0 Å². The summed E-state index contributed by atoms with van der Waals surface area (Å²) in [4.78, 5) is 2.00. The summed E-state index contributed by atoms with van der Waals surface area (Å²) in [6.45, 7) is 5.81. The van der Waals surface area contributed by atoms with Gasteiger partial charge in [0.1, 0.15) is 0 Å². The molecule has 0 bridgehead atoms. The average Bonchev–Trinajstić information content (AvgIpc) is 2.58. The topological polar surface area (TPSA) is 33.1 Å². The van der Waals surface area contributed by atoms with E-state index in [2.05, 4.69) is 23.5 Å². The standard InChI is InChI=1S/C10H18N4S/c1-5-14-7-9(8(2)12-14)6-13(4)10(15)11-3/h7H,5-6H2,1-4H3,(H,11,15). The van der Waals surface area contributed by atoms with Crippen LogP contribution in [-0.4, -0.2) is 33.9 Å². The van der Waals surface area contributed by atoms with E-state index in [4.69, 9.17) is 12.2 Å². The highest BCUT2D eigenvalue weighted by atomic mass is 32.1. The van der Waals surface area contributed by atoms with Crippen LogP contribution in [0.3, 0.4) is 0 Å². The lowest BCUT2D eigenvalue weighted by Gasteiger charge is -2.18. The van der Waals surface area contributed by atoms with Crippen LogP contribution in [0.2, 0.25) is 0 Å². The molecule has 4 nitrogen and oxygen atoms in total. The van der Waals surface area contributed by atoms with Gasteiger partial charge in [0, 0.05) is 38.9 Å². The summed E-state index contributed by atoms with van der Waals surface area (Å²) in [6.07, 6.45) is 2.07. The summed E-state index contributed by atoms with van der Waals surface area (Å²) in [6, 6.07) is 0. The van der Waals surface area contributed by atoms with E-state index in [-0.39, 0.29) is 0 Å². The number of hydrogen-bond donors (Lipinski definition) is 1. The average molecular weight is 226 g/mol. The van der Waals surface area contributed by atoms with Crippen LogP contribution in [0.1, 0.15) is 18.2 Å². The second kappa shape index (κ2) is 5.11. The molecule has 0 aromatic carbocycles. The lowest BCUT2D eigenvalue weighted by Crippen LogP contribution is -2.34. The predicted octanol–water partition coefficient (Wildman–Crippen LogP) is 1.15. The molecule has 0 aliphatic rings. The molecule has 0 radical (unpaired) electrons. The van der Waals surface area contributed by atoms with Crippen molar-refractivity contribution in [3.63, 3.8) is 0 Å². The Hall–Kier alpha value is -1.10. The largest absolute Gasteiger partial charge is 0.366 e. The van der Waals surface area contributed by atoms with Crippen molar-refractivity contribution in [2.24, 2.45) is 0 Å². The number of hydrogen-bond acceptors (Lipinski definition) is 2. The van der Waals surface area contributed by atoms with Crippen LogP contribution in [-0.2, 0) is 13.1 Å². The van der Waals surface area contributed by atoms with E-state index in [0.29, 0.717) is 0 Å². The second-order valence-corrected chi connectivity index (χ2v) is 3.89. The third-order valence-corrected chi connectivity index (χ3v) is 2.86. The van der Waals surface area contributed by atoms with Gasteiger partial charge in [-0.15, -0.1) is 0 Å². The normalized spacial score (nSPS) is 10.1. The molecule has 0 aliphatic heterocycles. The van der Waals surface area contributed by atoms with Crippen LogP contribution >= 0.6 is 12.2 Å². The molecule has 1 heterocycles. The van der Waals surface area contributed by atoms with Gasteiger partial charge in [-0.3, -0.25) is 4.68 Å². The predicted molar refractivity (Wildman–Crippen MR) is 65.8 cm³/mol. The number of nitrogens with zero attached hydrogens (tertiary/aromatic N) is 3. The molecule has 15 heavy (non-hydrogen) atoms. The molecular formula is C10H18N4S. The Labute approximate surface area is 96.3 Å². The van der Waals surface area contributed by atoms with Crippen molar-refractivity contribution in [3.05, 3.63) is 17.5 Å². The van der Waals surface area contributed by atoms with Crippen molar-refractivity contribution in [2.75, 3.05) is 14.1 Å². The van der Waals surface area contributed by atoms with Gasteiger partial charge in [-0.05, 0) is 26.1 Å². The molecule has 0 unspecified atom stereocenters. The summed E-state index contributed by atoms with van der Waals surface area (Å²) in [5.41, 5.74) is 2.29. The lowest BCUT2D eigenvalue weighted by atomic mass is 10.2. The Morgan fingerprint density at radius 2 is 2.33 bits per heavy atom. The molecule has 1 aromatic rings. The van der Waals surface area contributed by atoms with Crippen LogP contribution < -0.4 is 5.32 Å². The minimum Gasteiger partial charge on any atom is -0.366 e. The van der Waals surface area contributed by atoms with Crippen molar-refractivity contribution < 1.29 is 0 Å². The molecule has 0 aliphatic carbocycles. The van der Waals surface area contributed by atoms with Crippen LogP contribution in [0.4, 0.5) is 0 Å². The fourth-order valence-electron chi connectivity index (χ4n) is 1.39. The second-order valence-electron chi connectivity index (χ2n) is 3.51. The Morgan fingerprint density at radius 3 is 2.80 bits per heavy atom. The first-order chi connectivity index (χ1) is 7.08. The summed E-state index contributed by atoms with van der Waals surface area (Å²) in [5.74, 6) is 0. The number of nitrogens with one attached hydrogen (secondary N) is 1. The Kier molecular flexibility index (Phi) is 4.08. The molecule has 0 amide bonds. The third kappa shape index (κ3) is 2.92. The monoisotopic (exact) mass is 226 g/mol. The molecule has 0 saturated carbocycles. The Morgan fingerprint density at radius 1 is 1.67 bits per heavy atom. The zero-order chi connectivity index (χ0) is 11.4. The molecule has 0 atom stereocenters. The first kappa shape index (κ1) is 12.0. The number of thiocarbonyl (C=S) groups is 1. The highest BCUT2D eigenvalue weighted by molar-refractivity contribution is 7.80. The van der Waals surface area contributed by atoms with E-state index >= 15 is 0 Å². The maximum atomic E-state index is 5.14. The number of aryl methyl sites for hydroxylation is 2. The molecular weight excluding hydrogens is 208 g/mol. The molecule has 0 fully saturated rings. The van der Waals surface area contributed by atoms with Crippen molar-refractivity contribution in [1.29, 1.82) is 0 Å². The minimum atomic E-state index is 0.749. The van der Waals surface area contributed by atoms with E-state index in [1.54, 1.807) is 0 Å². The van der Waals surface area contributed by atoms with Gasteiger partial charge in [-0.2, -0.15) is 5.10 Å². The fourth-order valence-corrected chi connectivity index (χ4v) is 1.46. The summed E-state index contributed by atoms with van der Waals surface area (Å²) in [7, 11) is 3.81. The first-order valence-corrected chi connectivity index (χ1v) is 5.45. The van der Waals surface area contributed by atoms with Gasteiger partial charge in [-0.1, -0.05) is 0 Å². The van der Waals surface area contributed by atoms with E-state index in [0.717, 1.165) is 23.9 Å². The first-order valence-electron chi connectivity index (χ1n) is 5.04. The smallest absolute Gasteiger partial charge is 0.168 e. The van der Waals surface area contributed by atoms with Gasteiger partial charge < -0.3 is 10.2 Å². The van der Waals surface area contributed by atoms with Gasteiger partial charge in [0.25, 0.3) is 0 Å². The minimum absolute atomic E-state index is 0.749. The highest BCUT2D eigenvalue weighted by Crippen LogP contribution is 2.08. The van der Waals surface area contributed by atoms with Crippen molar-refractivity contribution in [3.8, 4) is 0 Å². The van der Waals surface area contributed by atoms with Crippen molar-refractivity contribution in [1.82, 2.24) is 20.0 Å². The van der Waals surface area contributed by atoms with E-state index < -0.39 is 0 Å². The van der Waals surface area contributed by atoms with Crippen molar-refractivity contribution in [2.45, 2.75) is 26.9 Å². The summed E-state index contributed by atoms with van der Waals surface area (Å²) in [5, 5.41) is 8.10. The third-order valence-electron chi connectivity index (χ3n) is 2.34. The van der Waals surface area contributed by atoms with Gasteiger partial charge in [0.05, 0.1) is 5.69 Å². The van der Waals surface area contributed by atoms with Gasteiger partial charge in [0.15, 0.2) is 5.11 Å². The number of aromatic nitrogens is 2. The summed E-state index contributed by atoms with van der Waals surface area (Å²) < 4.78 is 1.95. The van der Waals surface area contributed by atoms with Crippen LogP contribution in [0.15, 0.2) is 6.20 Å². The van der Waals surface area contributed by atoms with Gasteiger partial charge in [0.2, 0.25) is 0 Å². The molecule has 0 spiro atoms.